The maximum atomic E-state index is 10.8. The van der Waals surface area contributed by atoms with Crippen LogP contribution in [0.4, 0.5) is 0 Å². The molecule has 4 nitrogen and oxygen atoms in total. The standard InChI is InChI=1S/C9H7NO3/c10-6-8(11)9(12)13-7-4-2-1-3-5-7/h1-6,10H. The summed E-state index contributed by atoms with van der Waals surface area (Å²) in [5, 5.41) is 6.53. The number of Topliss-reactive ketones (excluding diaryl/α,β-unsaturated/α-hetero) is 1. The molecule has 0 saturated heterocycles. The Balaban J connectivity index is 2.65. The van der Waals surface area contributed by atoms with Crippen LogP contribution >= 0.6 is 0 Å². The summed E-state index contributed by atoms with van der Waals surface area (Å²) in [4.78, 5) is 21.4. The number of ether oxygens (including phenoxy) is 1. The molecule has 4 heteroatoms. The Kier molecular flexibility index (Phi) is 2.92. The monoisotopic (exact) mass is 177 g/mol. The van der Waals surface area contributed by atoms with Crippen LogP contribution in [0.15, 0.2) is 30.3 Å². The number of nitrogens with one attached hydrogen (secondary N) is 1. The van der Waals surface area contributed by atoms with Crippen molar-refractivity contribution < 1.29 is 14.3 Å². The van der Waals surface area contributed by atoms with Crippen LogP contribution in [0.2, 0.25) is 0 Å². The van der Waals surface area contributed by atoms with Crippen LogP contribution in [0.1, 0.15) is 0 Å². The summed E-state index contributed by atoms with van der Waals surface area (Å²) in [6.45, 7) is 0. The smallest absolute Gasteiger partial charge is 0.386 e. The van der Waals surface area contributed by atoms with E-state index in [9.17, 15) is 9.59 Å². The molecule has 0 saturated carbocycles. The molecule has 1 N–H and O–H groups in total. The van der Waals surface area contributed by atoms with E-state index in [0.29, 0.717) is 12.0 Å². The molecule has 0 radical (unpaired) electrons. The fourth-order valence-corrected chi connectivity index (χ4v) is 0.705. The highest BCUT2D eigenvalue weighted by Crippen LogP contribution is 2.07. The van der Waals surface area contributed by atoms with Gasteiger partial charge in [0.2, 0.25) is 0 Å². The van der Waals surface area contributed by atoms with Crippen molar-refractivity contribution in [1.82, 2.24) is 0 Å². The minimum atomic E-state index is -1.04. The molecule has 66 valence electrons. The van der Waals surface area contributed by atoms with Gasteiger partial charge >= 0.3 is 5.97 Å². The summed E-state index contributed by atoms with van der Waals surface area (Å²) in [7, 11) is 0. The van der Waals surface area contributed by atoms with Gasteiger partial charge in [-0.05, 0) is 12.1 Å². The Morgan fingerprint density at radius 2 is 1.85 bits per heavy atom. The Hall–Kier alpha value is -1.97. The lowest BCUT2D eigenvalue weighted by Crippen LogP contribution is -2.20. The second-order valence-electron chi connectivity index (χ2n) is 2.21. The summed E-state index contributed by atoms with van der Waals surface area (Å²) in [6, 6.07) is 8.22. The van der Waals surface area contributed by atoms with Crippen LogP contribution in [-0.2, 0) is 9.59 Å². The summed E-state index contributed by atoms with van der Waals surface area (Å²) in [5.74, 6) is -1.72. The number of hydrogen-bond donors (Lipinski definition) is 1. The van der Waals surface area contributed by atoms with Crippen LogP contribution in [0.25, 0.3) is 0 Å². The van der Waals surface area contributed by atoms with Gasteiger partial charge in [0.15, 0.2) is 0 Å². The zero-order valence-electron chi connectivity index (χ0n) is 6.69. The van der Waals surface area contributed by atoms with Gasteiger partial charge in [-0.3, -0.25) is 4.79 Å². The molecule has 1 aromatic carbocycles. The predicted octanol–water partition coefficient (Wildman–Crippen LogP) is 0.811. The highest BCUT2D eigenvalue weighted by molar-refractivity contribution is 6.56. The van der Waals surface area contributed by atoms with Gasteiger partial charge in [0, 0.05) is 0 Å². The number of para-hydroxylation sites is 1. The largest absolute Gasteiger partial charge is 0.421 e. The van der Waals surface area contributed by atoms with E-state index in [2.05, 4.69) is 4.74 Å². The summed E-state index contributed by atoms with van der Waals surface area (Å²) in [5.41, 5.74) is 0. The van der Waals surface area contributed by atoms with Crippen LogP contribution in [0.5, 0.6) is 5.75 Å². The Morgan fingerprint density at radius 3 is 2.38 bits per heavy atom. The first-order chi connectivity index (χ1) is 6.24. The van der Waals surface area contributed by atoms with E-state index in [1.807, 2.05) is 0 Å². The highest BCUT2D eigenvalue weighted by atomic mass is 16.5. The average molecular weight is 177 g/mol. The molecule has 0 aliphatic carbocycles. The number of ketones is 1. The molecular formula is C9H7NO3. The quantitative estimate of drug-likeness (QED) is 0.321. The van der Waals surface area contributed by atoms with Gasteiger partial charge in [-0.1, -0.05) is 18.2 Å². The first kappa shape index (κ1) is 9.12. The zero-order valence-corrected chi connectivity index (χ0v) is 6.69. The molecule has 0 aromatic heterocycles. The van der Waals surface area contributed by atoms with E-state index in [0.717, 1.165) is 0 Å². The van der Waals surface area contributed by atoms with Gasteiger partial charge in [0.1, 0.15) is 5.75 Å². The van der Waals surface area contributed by atoms with Crippen LogP contribution < -0.4 is 4.74 Å². The lowest BCUT2D eigenvalue weighted by atomic mass is 10.3. The first-order valence-electron chi connectivity index (χ1n) is 3.55. The van der Waals surface area contributed by atoms with E-state index >= 15 is 0 Å². The molecule has 0 aliphatic heterocycles. The SMILES string of the molecule is N=CC(=O)C(=O)Oc1ccccc1. The third-order valence-corrected chi connectivity index (χ3v) is 1.29. The molecule has 0 fully saturated rings. The lowest BCUT2D eigenvalue weighted by molar-refractivity contribution is -0.143. The number of hydrogen-bond acceptors (Lipinski definition) is 4. The van der Waals surface area contributed by atoms with Crippen molar-refractivity contribution in [3.8, 4) is 5.75 Å². The van der Waals surface area contributed by atoms with E-state index in [1.165, 1.54) is 0 Å². The molecule has 0 unspecified atom stereocenters. The number of esters is 1. The van der Waals surface area contributed by atoms with Gasteiger partial charge in [0.05, 0.1) is 6.21 Å². The van der Waals surface area contributed by atoms with Crippen molar-refractivity contribution in [3.05, 3.63) is 30.3 Å². The van der Waals surface area contributed by atoms with Crippen molar-refractivity contribution in [2.75, 3.05) is 0 Å². The van der Waals surface area contributed by atoms with Gasteiger partial charge in [-0.15, -0.1) is 0 Å². The molecular weight excluding hydrogens is 170 g/mol. The van der Waals surface area contributed by atoms with Crippen molar-refractivity contribution in [2.24, 2.45) is 0 Å². The minimum absolute atomic E-state index is 0.294. The third kappa shape index (κ3) is 2.52. The van der Waals surface area contributed by atoms with E-state index in [-0.39, 0.29) is 0 Å². The van der Waals surface area contributed by atoms with Crippen molar-refractivity contribution in [3.63, 3.8) is 0 Å². The van der Waals surface area contributed by atoms with E-state index in [4.69, 9.17) is 5.41 Å². The van der Waals surface area contributed by atoms with Crippen molar-refractivity contribution >= 4 is 18.0 Å². The number of rotatable bonds is 3. The van der Waals surface area contributed by atoms with Gasteiger partial charge < -0.3 is 10.1 Å². The molecule has 0 spiro atoms. The maximum absolute atomic E-state index is 10.8. The fraction of sp³-hybridized carbons (Fsp3) is 0. The van der Waals surface area contributed by atoms with Crippen molar-refractivity contribution in [2.45, 2.75) is 0 Å². The first-order valence-corrected chi connectivity index (χ1v) is 3.55. The Labute approximate surface area is 74.6 Å². The Bertz CT molecular complexity index is 332. The second-order valence-corrected chi connectivity index (χ2v) is 2.21. The summed E-state index contributed by atoms with van der Waals surface area (Å²) < 4.78 is 4.63. The summed E-state index contributed by atoms with van der Waals surface area (Å²) >= 11 is 0. The van der Waals surface area contributed by atoms with Gasteiger partial charge in [-0.25, -0.2) is 4.79 Å². The molecule has 0 aliphatic rings. The molecule has 0 bridgehead atoms. The minimum Gasteiger partial charge on any atom is -0.421 e. The molecule has 13 heavy (non-hydrogen) atoms. The van der Waals surface area contributed by atoms with Gasteiger partial charge in [-0.2, -0.15) is 0 Å². The third-order valence-electron chi connectivity index (χ3n) is 1.29. The lowest BCUT2D eigenvalue weighted by Gasteiger charge is -1.99. The predicted molar refractivity (Wildman–Crippen MR) is 45.9 cm³/mol. The number of benzene rings is 1. The number of carbonyl (C=O) groups is 2. The maximum Gasteiger partial charge on any atom is 0.386 e. The zero-order chi connectivity index (χ0) is 9.68. The highest BCUT2D eigenvalue weighted by Gasteiger charge is 2.12. The fourth-order valence-electron chi connectivity index (χ4n) is 0.705. The Morgan fingerprint density at radius 1 is 1.23 bits per heavy atom. The summed E-state index contributed by atoms with van der Waals surface area (Å²) in [6.07, 6.45) is 0.422. The van der Waals surface area contributed by atoms with Gasteiger partial charge in [0.25, 0.3) is 5.78 Å². The van der Waals surface area contributed by atoms with Crippen molar-refractivity contribution in [1.29, 1.82) is 5.41 Å². The van der Waals surface area contributed by atoms with E-state index in [1.54, 1.807) is 30.3 Å². The normalized spacial score (nSPS) is 8.92. The van der Waals surface area contributed by atoms with Crippen LogP contribution in [-0.4, -0.2) is 18.0 Å². The molecule has 0 amide bonds. The van der Waals surface area contributed by atoms with Crippen LogP contribution in [0, 0.1) is 5.41 Å². The molecule has 1 aromatic rings. The molecule has 0 atom stereocenters. The topological polar surface area (TPSA) is 67.2 Å². The average Bonchev–Trinajstić information content (AvgIpc) is 2.18. The molecule has 0 heterocycles. The number of carbonyl (C=O) groups excluding carboxylic acids is 2. The molecule has 1 rings (SSSR count). The second kappa shape index (κ2) is 4.15. The van der Waals surface area contributed by atoms with Crippen LogP contribution in [0.3, 0.4) is 0 Å². The van der Waals surface area contributed by atoms with E-state index < -0.39 is 11.8 Å².